The minimum Gasteiger partial charge on any atom is -0.318 e. The quantitative estimate of drug-likeness (QED) is 0.329. The molecule has 6 rings (SSSR count). The van der Waals surface area contributed by atoms with Gasteiger partial charge >= 0.3 is 5.69 Å². The number of aryl methyl sites for hydroxylation is 1. The zero-order chi connectivity index (χ0) is 27.8. The second kappa shape index (κ2) is 10.2. The molecule has 0 bridgehead atoms. The Morgan fingerprint density at radius 1 is 0.850 bits per heavy atom. The smallest absolute Gasteiger partial charge is 0.318 e. The standard InChI is InChI=1S/C30H28N8O2/c1-19(2)17-37-28-26(29(39)38(30(37)40)23-9-5-4-6-10-23)36(20(3)31-28)18-21-13-15-22(16-14-21)24-11-7-8-12-25(24)27-32-34-35-33-27/h4-16,19H,17-18H2,1-3H3,(H,32,33,34,35). The van der Waals surface area contributed by atoms with Crippen LogP contribution < -0.4 is 11.2 Å². The number of fused-ring (bicyclic) bond motifs is 1. The minimum atomic E-state index is -0.383. The van der Waals surface area contributed by atoms with Gasteiger partial charge in [-0.1, -0.05) is 80.6 Å². The van der Waals surface area contributed by atoms with Crippen molar-refractivity contribution in [3.05, 3.63) is 111 Å². The lowest BCUT2D eigenvalue weighted by Gasteiger charge is -2.14. The molecule has 200 valence electrons. The highest BCUT2D eigenvalue weighted by molar-refractivity contribution is 5.80. The van der Waals surface area contributed by atoms with E-state index in [2.05, 4.69) is 20.6 Å². The van der Waals surface area contributed by atoms with Crippen LogP contribution in [0.25, 0.3) is 39.4 Å². The summed E-state index contributed by atoms with van der Waals surface area (Å²) >= 11 is 0. The third-order valence-corrected chi connectivity index (χ3v) is 6.90. The molecule has 0 saturated heterocycles. The van der Waals surface area contributed by atoms with Crippen LogP contribution in [0.2, 0.25) is 0 Å². The van der Waals surface area contributed by atoms with Crippen molar-refractivity contribution in [2.45, 2.75) is 33.9 Å². The Morgan fingerprint density at radius 2 is 1.55 bits per heavy atom. The van der Waals surface area contributed by atoms with Crippen molar-refractivity contribution in [1.29, 1.82) is 0 Å². The maximum Gasteiger partial charge on any atom is 0.337 e. The molecule has 0 aliphatic heterocycles. The molecule has 0 aliphatic rings. The van der Waals surface area contributed by atoms with E-state index in [0.717, 1.165) is 22.3 Å². The third kappa shape index (κ3) is 4.43. The van der Waals surface area contributed by atoms with E-state index in [1.807, 2.05) is 92.1 Å². The third-order valence-electron chi connectivity index (χ3n) is 6.90. The Labute approximate surface area is 229 Å². The fourth-order valence-corrected chi connectivity index (χ4v) is 5.06. The molecule has 0 spiro atoms. The number of nitrogens with zero attached hydrogens (tertiary/aromatic N) is 7. The van der Waals surface area contributed by atoms with Gasteiger partial charge in [0, 0.05) is 18.7 Å². The first-order chi connectivity index (χ1) is 19.4. The van der Waals surface area contributed by atoms with Crippen LogP contribution >= 0.6 is 0 Å². The second-order valence-corrected chi connectivity index (χ2v) is 10.2. The molecule has 0 unspecified atom stereocenters. The van der Waals surface area contributed by atoms with Crippen molar-refractivity contribution in [3.63, 3.8) is 0 Å². The van der Waals surface area contributed by atoms with Gasteiger partial charge in [-0.2, -0.15) is 5.21 Å². The number of benzene rings is 3. The first-order valence-corrected chi connectivity index (χ1v) is 13.1. The van der Waals surface area contributed by atoms with Crippen LogP contribution in [0.1, 0.15) is 25.2 Å². The molecule has 0 atom stereocenters. The van der Waals surface area contributed by atoms with Crippen molar-refractivity contribution in [3.8, 4) is 28.2 Å². The van der Waals surface area contributed by atoms with E-state index >= 15 is 0 Å². The SMILES string of the molecule is Cc1nc2c(c(=O)n(-c3ccccc3)c(=O)n2CC(C)C)n1Cc1ccc(-c2ccccc2-c2nn[nH]n2)cc1. The molecule has 0 amide bonds. The van der Waals surface area contributed by atoms with Gasteiger partial charge in [0.2, 0.25) is 5.82 Å². The zero-order valence-corrected chi connectivity index (χ0v) is 22.4. The maximum atomic E-state index is 13.9. The van der Waals surface area contributed by atoms with Gasteiger partial charge in [0.05, 0.1) is 5.69 Å². The first-order valence-electron chi connectivity index (χ1n) is 13.1. The van der Waals surface area contributed by atoms with E-state index in [1.54, 1.807) is 16.7 Å². The van der Waals surface area contributed by atoms with Gasteiger partial charge in [-0.25, -0.2) is 14.3 Å². The number of aromatic amines is 1. The van der Waals surface area contributed by atoms with E-state index in [4.69, 9.17) is 4.98 Å². The highest BCUT2D eigenvalue weighted by Crippen LogP contribution is 2.30. The van der Waals surface area contributed by atoms with Crippen molar-refractivity contribution < 1.29 is 0 Å². The minimum absolute atomic E-state index is 0.191. The highest BCUT2D eigenvalue weighted by Gasteiger charge is 2.22. The van der Waals surface area contributed by atoms with Crippen LogP contribution in [-0.4, -0.2) is 39.3 Å². The second-order valence-electron chi connectivity index (χ2n) is 10.2. The number of hydrogen-bond acceptors (Lipinski definition) is 6. The summed E-state index contributed by atoms with van der Waals surface area (Å²) in [6, 6.07) is 25.1. The predicted octanol–water partition coefficient (Wildman–Crippen LogP) is 4.21. The van der Waals surface area contributed by atoms with Gasteiger partial charge < -0.3 is 4.57 Å². The average Bonchev–Trinajstić information content (AvgIpc) is 3.61. The average molecular weight is 533 g/mol. The van der Waals surface area contributed by atoms with E-state index in [0.29, 0.717) is 41.6 Å². The van der Waals surface area contributed by atoms with Crippen LogP contribution in [-0.2, 0) is 13.1 Å². The molecule has 6 aromatic rings. The Morgan fingerprint density at radius 3 is 2.23 bits per heavy atom. The Hall–Kier alpha value is -5.12. The molecular formula is C30H28N8O2. The van der Waals surface area contributed by atoms with Gasteiger partial charge in [-0.3, -0.25) is 9.36 Å². The summed E-state index contributed by atoms with van der Waals surface area (Å²) in [5.74, 6) is 1.39. The zero-order valence-electron chi connectivity index (χ0n) is 22.4. The number of imidazole rings is 1. The summed E-state index contributed by atoms with van der Waals surface area (Å²) < 4.78 is 4.77. The fourth-order valence-electron chi connectivity index (χ4n) is 5.06. The van der Waals surface area contributed by atoms with E-state index in [9.17, 15) is 9.59 Å². The molecule has 3 aromatic heterocycles. The maximum absolute atomic E-state index is 13.9. The number of hydrogen-bond donors (Lipinski definition) is 1. The number of rotatable bonds is 7. The molecule has 10 heteroatoms. The molecule has 3 heterocycles. The summed E-state index contributed by atoms with van der Waals surface area (Å²) in [6.45, 7) is 6.83. The summed E-state index contributed by atoms with van der Waals surface area (Å²) in [5, 5.41) is 14.5. The lowest BCUT2D eigenvalue weighted by atomic mass is 9.98. The van der Waals surface area contributed by atoms with Crippen molar-refractivity contribution in [2.24, 2.45) is 5.92 Å². The number of H-pyrrole nitrogens is 1. The summed E-state index contributed by atoms with van der Waals surface area (Å²) in [6.07, 6.45) is 0. The van der Waals surface area contributed by atoms with Gasteiger partial charge in [0.15, 0.2) is 11.2 Å². The fraction of sp³-hybridized carbons (Fsp3) is 0.200. The van der Waals surface area contributed by atoms with Gasteiger partial charge in [-0.05, 0) is 46.9 Å². The van der Waals surface area contributed by atoms with E-state index in [-0.39, 0.29) is 17.2 Å². The summed E-state index contributed by atoms with van der Waals surface area (Å²) in [4.78, 5) is 32.1. The van der Waals surface area contributed by atoms with Crippen molar-refractivity contribution in [1.82, 2.24) is 39.3 Å². The van der Waals surface area contributed by atoms with E-state index < -0.39 is 0 Å². The molecule has 0 saturated carbocycles. The number of tetrazole rings is 1. The monoisotopic (exact) mass is 532 g/mol. The van der Waals surface area contributed by atoms with Crippen LogP contribution in [0, 0.1) is 12.8 Å². The Bertz CT molecular complexity index is 1920. The molecule has 0 fully saturated rings. The molecule has 1 N–H and O–H groups in total. The number of nitrogens with one attached hydrogen (secondary N) is 1. The van der Waals surface area contributed by atoms with Crippen molar-refractivity contribution >= 4 is 11.2 Å². The van der Waals surface area contributed by atoms with E-state index in [1.165, 1.54) is 4.57 Å². The molecule has 0 aliphatic carbocycles. The van der Waals surface area contributed by atoms with Crippen LogP contribution in [0.4, 0.5) is 0 Å². The van der Waals surface area contributed by atoms with Crippen molar-refractivity contribution in [2.75, 3.05) is 0 Å². The van der Waals surface area contributed by atoms with Crippen LogP contribution in [0.5, 0.6) is 0 Å². The molecule has 0 radical (unpaired) electrons. The Kier molecular flexibility index (Phi) is 6.43. The van der Waals surface area contributed by atoms with Gasteiger partial charge in [0.25, 0.3) is 5.56 Å². The summed E-state index contributed by atoms with van der Waals surface area (Å²) in [5.41, 5.74) is 4.47. The largest absolute Gasteiger partial charge is 0.337 e. The first kappa shape index (κ1) is 25.2. The normalized spacial score (nSPS) is 11.5. The van der Waals surface area contributed by atoms with Gasteiger partial charge in [0.1, 0.15) is 5.82 Å². The lowest BCUT2D eigenvalue weighted by Crippen LogP contribution is -2.40. The van der Waals surface area contributed by atoms with Gasteiger partial charge in [-0.15, -0.1) is 10.2 Å². The molecule has 40 heavy (non-hydrogen) atoms. The number of aromatic nitrogens is 8. The molecule has 10 nitrogen and oxygen atoms in total. The highest BCUT2D eigenvalue weighted by atomic mass is 16.2. The number of para-hydroxylation sites is 1. The molecular weight excluding hydrogens is 504 g/mol. The Balaban J connectivity index is 1.44. The lowest BCUT2D eigenvalue weighted by molar-refractivity contribution is 0.506. The van der Waals surface area contributed by atoms with Crippen LogP contribution in [0.3, 0.4) is 0 Å². The topological polar surface area (TPSA) is 116 Å². The molecule has 3 aromatic carbocycles. The predicted molar refractivity (Wildman–Crippen MR) is 153 cm³/mol. The van der Waals surface area contributed by atoms with Crippen LogP contribution in [0.15, 0.2) is 88.5 Å². The summed E-state index contributed by atoms with van der Waals surface area (Å²) in [7, 11) is 0.